The van der Waals surface area contributed by atoms with Crippen LogP contribution in [0.25, 0.3) is 27.9 Å². The fourth-order valence-corrected chi connectivity index (χ4v) is 4.68. The standard InChI is InChI=1S/C24H24F3N5O/c1-15-22(20-11-16-5-2-3-7-19(16)32(20)14-24(25,26)27)29-21-12-17(8-10-31(15)21)23(33)30-9-4-6-18(28)13-30/h2-3,5,7-8,10-12,18H,4,6,9,13-14,28H2,1H3. The molecule has 0 aliphatic carbocycles. The highest BCUT2D eigenvalue weighted by Crippen LogP contribution is 2.33. The number of fused-ring (bicyclic) bond motifs is 2. The Morgan fingerprint density at radius 1 is 1.21 bits per heavy atom. The van der Waals surface area contributed by atoms with Crippen LogP contribution in [0.15, 0.2) is 48.7 Å². The van der Waals surface area contributed by atoms with E-state index in [4.69, 9.17) is 5.73 Å². The molecule has 0 spiro atoms. The molecule has 6 nitrogen and oxygen atoms in total. The van der Waals surface area contributed by atoms with Crippen molar-refractivity contribution in [2.24, 2.45) is 5.73 Å². The highest BCUT2D eigenvalue weighted by molar-refractivity contribution is 5.95. The van der Waals surface area contributed by atoms with Crippen LogP contribution in [0.1, 0.15) is 28.9 Å². The molecular formula is C24H24F3N5O. The maximum Gasteiger partial charge on any atom is 0.406 e. The molecule has 3 aromatic heterocycles. The number of aromatic nitrogens is 3. The number of rotatable bonds is 3. The summed E-state index contributed by atoms with van der Waals surface area (Å²) in [7, 11) is 0. The number of nitrogens with two attached hydrogens (primary N) is 1. The van der Waals surface area contributed by atoms with E-state index in [2.05, 4.69) is 4.98 Å². The Morgan fingerprint density at radius 2 is 2.00 bits per heavy atom. The number of benzene rings is 1. The maximum absolute atomic E-state index is 13.4. The number of alkyl halides is 3. The van der Waals surface area contributed by atoms with Gasteiger partial charge in [-0.05, 0) is 44.0 Å². The van der Waals surface area contributed by atoms with E-state index in [0.717, 1.165) is 12.8 Å². The average molecular weight is 455 g/mol. The number of pyridine rings is 1. The minimum Gasteiger partial charge on any atom is -0.337 e. The molecule has 1 atom stereocenters. The number of imidazole rings is 1. The second-order valence-corrected chi connectivity index (χ2v) is 8.63. The number of carbonyl (C=O) groups excluding carboxylic acids is 1. The molecule has 1 fully saturated rings. The van der Waals surface area contributed by atoms with Crippen LogP contribution in [0.3, 0.4) is 0 Å². The molecule has 4 aromatic rings. The van der Waals surface area contributed by atoms with E-state index in [1.54, 1.807) is 58.0 Å². The molecule has 4 heterocycles. The Kier molecular flexibility index (Phi) is 5.16. The third-order valence-electron chi connectivity index (χ3n) is 6.25. The summed E-state index contributed by atoms with van der Waals surface area (Å²) in [6.45, 7) is 1.88. The monoisotopic (exact) mass is 455 g/mol. The number of nitrogens with zero attached hydrogens (tertiary/aromatic N) is 4. The number of aryl methyl sites for hydroxylation is 1. The molecule has 1 unspecified atom stereocenters. The van der Waals surface area contributed by atoms with Gasteiger partial charge in [-0.15, -0.1) is 0 Å². The molecule has 0 radical (unpaired) electrons. The molecule has 9 heteroatoms. The van der Waals surface area contributed by atoms with Crippen LogP contribution in [0.5, 0.6) is 0 Å². The number of para-hydroxylation sites is 1. The van der Waals surface area contributed by atoms with Gasteiger partial charge in [0.05, 0.1) is 5.69 Å². The minimum atomic E-state index is -4.38. The molecule has 1 aromatic carbocycles. The number of carbonyl (C=O) groups is 1. The van der Waals surface area contributed by atoms with E-state index in [1.165, 1.54) is 4.57 Å². The summed E-state index contributed by atoms with van der Waals surface area (Å²) < 4.78 is 43.2. The maximum atomic E-state index is 13.4. The highest BCUT2D eigenvalue weighted by atomic mass is 19.4. The zero-order valence-corrected chi connectivity index (χ0v) is 18.1. The fourth-order valence-electron chi connectivity index (χ4n) is 4.68. The second-order valence-electron chi connectivity index (χ2n) is 8.63. The highest BCUT2D eigenvalue weighted by Gasteiger charge is 2.31. The zero-order valence-electron chi connectivity index (χ0n) is 18.1. The smallest absolute Gasteiger partial charge is 0.337 e. The van der Waals surface area contributed by atoms with Crippen molar-refractivity contribution < 1.29 is 18.0 Å². The van der Waals surface area contributed by atoms with Crippen LogP contribution < -0.4 is 5.73 Å². The Labute approximate surface area is 188 Å². The van der Waals surface area contributed by atoms with Crippen molar-refractivity contribution >= 4 is 22.5 Å². The molecule has 172 valence electrons. The van der Waals surface area contributed by atoms with Gasteiger partial charge >= 0.3 is 6.18 Å². The number of hydrogen-bond donors (Lipinski definition) is 1. The van der Waals surface area contributed by atoms with E-state index >= 15 is 0 Å². The number of halogens is 3. The van der Waals surface area contributed by atoms with Crippen molar-refractivity contribution in [3.63, 3.8) is 0 Å². The molecule has 1 aliphatic heterocycles. The number of piperidine rings is 1. The summed E-state index contributed by atoms with van der Waals surface area (Å²) in [6, 6.07) is 12.1. The van der Waals surface area contributed by atoms with Crippen molar-refractivity contribution in [1.82, 2.24) is 18.9 Å². The van der Waals surface area contributed by atoms with E-state index in [1.807, 2.05) is 6.92 Å². The normalized spacial score (nSPS) is 17.2. The van der Waals surface area contributed by atoms with E-state index in [0.29, 0.717) is 52.3 Å². The molecular weight excluding hydrogens is 431 g/mol. The van der Waals surface area contributed by atoms with E-state index in [-0.39, 0.29) is 11.9 Å². The van der Waals surface area contributed by atoms with Gasteiger partial charge in [-0.1, -0.05) is 18.2 Å². The van der Waals surface area contributed by atoms with Gasteiger partial charge in [-0.3, -0.25) is 4.79 Å². The van der Waals surface area contributed by atoms with Gasteiger partial charge in [-0.25, -0.2) is 4.98 Å². The van der Waals surface area contributed by atoms with Gasteiger partial charge < -0.3 is 19.6 Å². The zero-order chi connectivity index (χ0) is 23.3. The first-order chi connectivity index (χ1) is 15.7. The molecule has 0 bridgehead atoms. The van der Waals surface area contributed by atoms with Crippen LogP contribution in [0.2, 0.25) is 0 Å². The van der Waals surface area contributed by atoms with Crippen LogP contribution in [-0.2, 0) is 6.54 Å². The lowest BCUT2D eigenvalue weighted by atomic mass is 10.1. The third-order valence-corrected chi connectivity index (χ3v) is 6.25. The molecule has 2 N–H and O–H groups in total. The van der Waals surface area contributed by atoms with Crippen molar-refractivity contribution in [2.45, 2.75) is 38.5 Å². The van der Waals surface area contributed by atoms with Gasteiger partial charge in [0.25, 0.3) is 5.91 Å². The van der Waals surface area contributed by atoms with Gasteiger partial charge in [0, 0.05) is 47.5 Å². The fraction of sp³-hybridized carbons (Fsp3) is 0.333. The molecule has 1 amide bonds. The van der Waals surface area contributed by atoms with Gasteiger partial charge in [0.2, 0.25) is 0 Å². The molecule has 1 saturated heterocycles. The van der Waals surface area contributed by atoms with Gasteiger partial charge in [0.15, 0.2) is 0 Å². The quantitative estimate of drug-likeness (QED) is 0.498. The lowest BCUT2D eigenvalue weighted by Gasteiger charge is -2.30. The Morgan fingerprint density at radius 3 is 2.76 bits per heavy atom. The van der Waals surface area contributed by atoms with Crippen molar-refractivity contribution in [1.29, 1.82) is 0 Å². The summed E-state index contributed by atoms with van der Waals surface area (Å²) in [5.41, 5.74) is 9.07. The Bertz CT molecular complexity index is 1350. The van der Waals surface area contributed by atoms with Gasteiger partial charge in [-0.2, -0.15) is 13.2 Å². The summed E-state index contributed by atoms with van der Waals surface area (Å²) >= 11 is 0. The van der Waals surface area contributed by atoms with Gasteiger partial charge in [0.1, 0.15) is 17.9 Å². The molecule has 33 heavy (non-hydrogen) atoms. The van der Waals surface area contributed by atoms with E-state index < -0.39 is 12.7 Å². The third kappa shape index (κ3) is 3.97. The van der Waals surface area contributed by atoms with Crippen LogP contribution >= 0.6 is 0 Å². The predicted octanol–water partition coefficient (Wildman–Crippen LogP) is 4.39. The first kappa shape index (κ1) is 21.5. The van der Waals surface area contributed by atoms with Crippen molar-refractivity contribution in [2.75, 3.05) is 13.1 Å². The Balaban J connectivity index is 1.59. The number of likely N-dealkylation sites (tertiary alicyclic amines) is 1. The summed E-state index contributed by atoms with van der Waals surface area (Å²) in [4.78, 5) is 19.4. The lowest BCUT2D eigenvalue weighted by Crippen LogP contribution is -2.45. The molecule has 0 saturated carbocycles. The molecule has 1 aliphatic rings. The minimum absolute atomic E-state index is 0.0257. The largest absolute Gasteiger partial charge is 0.406 e. The SMILES string of the molecule is Cc1c(-c2cc3ccccc3n2CC(F)(F)F)nc2cc(C(=O)N3CCCC(N)C3)ccn12. The van der Waals surface area contributed by atoms with Crippen molar-refractivity contribution in [3.8, 4) is 11.4 Å². The van der Waals surface area contributed by atoms with Crippen molar-refractivity contribution in [3.05, 3.63) is 59.9 Å². The topological polar surface area (TPSA) is 68.6 Å². The summed E-state index contributed by atoms with van der Waals surface area (Å²) in [6.07, 6.45) is -0.864. The summed E-state index contributed by atoms with van der Waals surface area (Å²) in [5.74, 6) is -0.110. The molecule has 5 rings (SSSR count). The predicted molar refractivity (Wildman–Crippen MR) is 120 cm³/mol. The lowest BCUT2D eigenvalue weighted by molar-refractivity contribution is -0.139. The Hall–Kier alpha value is -3.33. The van der Waals surface area contributed by atoms with Crippen LogP contribution in [0, 0.1) is 6.92 Å². The van der Waals surface area contributed by atoms with Crippen LogP contribution in [0.4, 0.5) is 13.2 Å². The number of hydrogen-bond acceptors (Lipinski definition) is 3. The van der Waals surface area contributed by atoms with Crippen LogP contribution in [-0.4, -0.2) is 50.1 Å². The van der Waals surface area contributed by atoms with E-state index in [9.17, 15) is 18.0 Å². The number of amides is 1. The summed E-state index contributed by atoms with van der Waals surface area (Å²) in [5, 5.41) is 0.713. The first-order valence-electron chi connectivity index (χ1n) is 10.9. The first-order valence-corrected chi connectivity index (χ1v) is 10.9. The average Bonchev–Trinajstić information content (AvgIpc) is 3.29. The second kappa shape index (κ2) is 7.91.